The van der Waals surface area contributed by atoms with Crippen LogP contribution in [-0.4, -0.2) is 31.9 Å². The number of aromatic hydroxyl groups is 1. The fourth-order valence-electron chi connectivity index (χ4n) is 2.32. The van der Waals surface area contributed by atoms with Gasteiger partial charge in [-0.1, -0.05) is 12.1 Å². The van der Waals surface area contributed by atoms with Crippen molar-refractivity contribution in [3.8, 4) is 28.7 Å². The Labute approximate surface area is 138 Å². The number of carbonyl (C=O) groups is 1. The molecule has 0 unspecified atom stereocenters. The van der Waals surface area contributed by atoms with E-state index in [0.717, 1.165) is 5.56 Å². The van der Waals surface area contributed by atoms with Crippen molar-refractivity contribution in [2.24, 2.45) is 0 Å². The van der Waals surface area contributed by atoms with Crippen LogP contribution in [-0.2, 0) is 0 Å². The third kappa shape index (κ3) is 2.99. The molecule has 0 saturated heterocycles. The second-order valence-electron chi connectivity index (χ2n) is 5.04. The van der Waals surface area contributed by atoms with Crippen LogP contribution in [0.2, 0.25) is 0 Å². The van der Waals surface area contributed by atoms with Gasteiger partial charge < -0.3 is 24.1 Å². The highest BCUT2D eigenvalue weighted by molar-refractivity contribution is 6.07. The van der Waals surface area contributed by atoms with Gasteiger partial charge in [-0.25, -0.2) is 0 Å². The Hall–Kier alpha value is -3.15. The van der Waals surface area contributed by atoms with Gasteiger partial charge in [-0.15, -0.1) is 0 Å². The second kappa shape index (κ2) is 6.54. The summed E-state index contributed by atoms with van der Waals surface area (Å²) in [4.78, 5) is 12.4. The van der Waals surface area contributed by atoms with Gasteiger partial charge in [0, 0.05) is 5.56 Å². The van der Waals surface area contributed by atoms with Gasteiger partial charge in [-0.05, 0) is 35.9 Å². The maximum absolute atomic E-state index is 12.4. The molecular weight excluding hydrogens is 312 g/mol. The Morgan fingerprint density at radius 3 is 2.42 bits per heavy atom. The van der Waals surface area contributed by atoms with E-state index in [2.05, 4.69) is 0 Å². The lowest BCUT2D eigenvalue weighted by molar-refractivity contribution is 0.104. The van der Waals surface area contributed by atoms with Gasteiger partial charge in [0.25, 0.3) is 0 Å². The molecular formula is C18H16O6. The third-order valence-electron chi connectivity index (χ3n) is 3.59. The first kappa shape index (κ1) is 15.7. The molecule has 6 nitrogen and oxygen atoms in total. The van der Waals surface area contributed by atoms with Crippen LogP contribution >= 0.6 is 0 Å². The van der Waals surface area contributed by atoms with Crippen LogP contribution in [0.15, 0.2) is 36.4 Å². The molecule has 0 atom stereocenters. The summed E-state index contributed by atoms with van der Waals surface area (Å²) in [5.41, 5.74) is 1.16. The topological polar surface area (TPSA) is 74.2 Å². The zero-order valence-electron chi connectivity index (χ0n) is 13.2. The Kier molecular flexibility index (Phi) is 4.29. The molecule has 3 rings (SSSR count). The van der Waals surface area contributed by atoms with Crippen molar-refractivity contribution in [2.45, 2.75) is 0 Å². The van der Waals surface area contributed by atoms with Crippen molar-refractivity contribution < 1.29 is 28.8 Å². The number of fused-ring (bicyclic) bond motifs is 1. The molecule has 6 heteroatoms. The summed E-state index contributed by atoms with van der Waals surface area (Å²) in [5.74, 6) is 1.30. The van der Waals surface area contributed by atoms with Crippen molar-refractivity contribution >= 4 is 11.9 Å². The normalized spacial score (nSPS) is 12.4. The summed E-state index contributed by atoms with van der Waals surface area (Å²) in [5, 5.41) is 9.89. The summed E-state index contributed by atoms with van der Waals surface area (Å²) in [7, 11) is 2.82. The Bertz CT molecular complexity index is 784. The third-order valence-corrected chi connectivity index (χ3v) is 3.59. The second-order valence-corrected chi connectivity index (χ2v) is 5.04. The van der Waals surface area contributed by atoms with E-state index in [-0.39, 0.29) is 29.8 Å². The SMILES string of the molecule is COc1cc(C(=O)/C=C/c2ccc3c(c2)OCO3)cc(OC)c1O. The molecule has 1 aliphatic heterocycles. The molecule has 2 aromatic carbocycles. The van der Waals surface area contributed by atoms with Crippen LogP contribution in [0.25, 0.3) is 6.08 Å². The molecule has 1 N–H and O–H groups in total. The van der Waals surface area contributed by atoms with Gasteiger partial charge >= 0.3 is 0 Å². The molecule has 0 bridgehead atoms. The monoisotopic (exact) mass is 328 g/mol. The number of carbonyl (C=O) groups excluding carboxylic acids is 1. The number of rotatable bonds is 5. The Balaban J connectivity index is 1.84. The summed E-state index contributed by atoms with van der Waals surface area (Å²) in [6.07, 6.45) is 3.11. The highest BCUT2D eigenvalue weighted by atomic mass is 16.7. The molecule has 0 amide bonds. The molecule has 24 heavy (non-hydrogen) atoms. The lowest BCUT2D eigenvalue weighted by Crippen LogP contribution is -1.98. The lowest BCUT2D eigenvalue weighted by atomic mass is 10.1. The molecule has 124 valence electrons. The van der Waals surface area contributed by atoms with Crippen LogP contribution in [0.3, 0.4) is 0 Å². The van der Waals surface area contributed by atoms with Gasteiger partial charge in [0.1, 0.15) is 0 Å². The van der Waals surface area contributed by atoms with E-state index in [4.69, 9.17) is 18.9 Å². The van der Waals surface area contributed by atoms with Crippen LogP contribution in [0.1, 0.15) is 15.9 Å². The van der Waals surface area contributed by atoms with Gasteiger partial charge in [-0.3, -0.25) is 4.79 Å². The minimum Gasteiger partial charge on any atom is -0.502 e. The molecule has 0 radical (unpaired) electrons. The van der Waals surface area contributed by atoms with Crippen molar-refractivity contribution in [1.82, 2.24) is 0 Å². The van der Waals surface area contributed by atoms with E-state index in [1.54, 1.807) is 18.2 Å². The van der Waals surface area contributed by atoms with Gasteiger partial charge in [0.2, 0.25) is 12.5 Å². The number of benzene rings is 2. The van der Waals surface area contributed by atoms with Crippen molar-refractivity contribution in [3.63, 3.8) is 0 Å². The first-order chi connectivity index (χ1) is 11.6. The Morgan fingerprint density at radius 2 is 1.75 bits per heavy atom. The molecule has 0 spiro atoms. The molecule has 0 fully saturated rings. The maximum atomic E-state index is 12.4. The summed E-state index contributed by atoms with van der Waals surface area (Å²) >= 11 is 0. The lowest BCUT2D eigenvalue weighted by Gasteiger charge is -2.09. The first-order valence-corrected chi connectivity index (χ1v) is 7.19. The smallest absolute Gasteiger partial charge is 0.231 e. The number of hydrogen-bond donors (Lipinski definition) is 1. The minimum atomic E-state index is -0.246. The number of ether oxygens (including phenoxy) is 4. The van der Waals surface area contributed by atoms with Crippen LogP contribution < -0.4 is 18.9 Å². The largest absolute Gasteiger partial charge is 0.502 e. The molecule has 2 aromatic rings. The van der Waals surface area contributed by atoms with Gasteiger partial charge in [0.15, 0.2) is 28.8 Å². The van der Waals surface area contributed by atoms with Crippen LogP contribution in [0, 0.1) is 0 Å². The molecule has 1 aliphatic rings. The number of phenolic OH excluding ortho intramolecular Hbond substituents is 1. The van der Waals surface area contributed by atoms with E-state index >= 15 is 0 Å². The first-order valence-electron chi connectivity index (χ1n) is 7.19. The minimum absolute atomic E-state index is 0.142. The van der Waals surface area contributed by atoms with Crippen molar-refractivity contribution in [2.75, 3.05) is 21.0 Å². The molecule has 0 aromatic heterocycles. The van der Waals surface area contributed by atoms with E-state index in [0.29, 0.717) is 17.1 Å². The van der Waals surface area contributed by atoms with Crippen molar-refractivity contribution in [3.05, 3.63) is 47.5 Å². The molecule has 0 aliphatic carbocycles. The van der Waals surface area contributed by atoms with Crippen LogP contribution in [0.4, 0.5) is 0 Å². The standard InChI is InChI=1S/C18H16O6/c1-21-16-8-12(9-17(22-2)18(16)20)13(19)5-3-11-4-6-14-15(7-11)24-10-23-14/h3-9,20H,10H2,1-2H3/b5-3+. The molecule has 0 saturated carbocycles. The summed E-state index contributed by atoms with van der Waals surface area (Å²) < 4.78 is 20.7. The number of ketones is 1. The highest BCUT2D eigenvalue weighted by Gasteiger charge is 2.15. The van der Waals surface area contributed by atoms with Crippen molar-refractivity contribution in [1.29, 1.82) is 0 Å². The predicted molar refractivity (Wildman–Crippen MR) is 87.1 cm³/mol. The van der Waals surface area contributed by atoms with Crippen LogP contribution in [0.5, 0.6) is 28.7 Å². The Morgan fingerprint density at radius 1 is 1.08 bits per heavy atom. The number of phenols is 1. The number of allylic oxidation sites excluding steroid dienone is 1. The van der Waals surface area contributed by atoms with E-state index < -0.39 is 0 Å². The quantitative estimate of drug-likeness (QED) is 0.672. The predicted octanol–water partition coefficient (Wildman–Crippen LogP) is 3.03. The fraction of sp³-hybridized carbons (Fsp3) is 0.167. The molecule has 1 heterocycles. The van der Waals surface area contributed by atoms with Gasteiger partial charge in [-0.2, -0.15) is 0 Å². The number of hydrogen-bond acceptors (Lipinski definition) is 6. The number of methoxy groups -OCH3 is 2. The highest BCUT2D eigenvalue weighted by Crippen LogP contribution is 2.37. The fourth-order valence-corrected chi connectivity index (χ4v) is 2.32. The van der Waals surface area contributed by atoms with Gasteiger partial charge in [0.05, 0.1) is 14.2 Å². The maximum Gasteiger partial charge on any atom is 0.231 e. The average Bonchev–Trinajstić information content (AvgIpc) is 3.07. The van der Waals surface area contributed by atoms with E-state index in [1.807, 2.05) is 6.07 Å². The van der Waals surface area contributed by atoms with E-state index in [1.165, 1.54) is 32.4 Å². The zero-order valence-corrected chi connectivity index (χ0v) is 13.2. The summed E-state index contributed by atoms with van der Waals surface area (Å²) in [6, 6.07) is 8.34. The van der Waals surface area contributed by atoms with E-state index in [9.17, 15) is 9.90 Å². The summed E-state index contributed by atoms with van der Waals surface area (Å²) in [6.45, 7) is 0.203. The average molecular weight is 328 g/mol. The zero-order chi connectivity index (χ0) is 17.1.